The van der Waals surface area contributed by atoms with E-state index in [1.807, 2.05) is 91.0 Å². The van der Waals surface area contributed by atoms with Crippen LogP contribution >= 0.6 is 0 Å². The second kappa shape index (κ2) is 17.5. The fourth-order valence-electron chi connectivity index (χ4n) is 1.43. The molecule has 24 heavy (non-hydrogen) atoms. The predicted molar refractivity (Wildman–Crippen MR) is 101 cm³/mol. The van der Waals surface area contributed by atoms with Gasteiger partial charge in [0.15, 0.2) is 0 Å². The van der Waals surface area contributed by atoms with Crippen LogP contribution in [0.15, 0.2) is 91.0 Å². The molecule has 3 aromatic carbocycles. The minimum absolute atomic E-state index is 0. The van der Waals surface area contributed by atoms with Gasteiger partial charge in [0.2, 0.25) is 0 Å². The molecule has 3 aromatic rings. The van der Waals surface area contributed by atoms with E-state index in [1.165, 1.54) is 0 Å². The van der Waals surface area contributed by atoms with E-state index in [9.17, 15) is 0 Å². The van der Waals surface area contributed by atoms with Gasteiger partial charge < -0.3 is 5.11 Å². The van der Waals surface area contributed by atoms with Crippen molar-refractivity contribution in [1.82, 2.24) is 0 Å². The molecule has 0 aromatic heterocycles. The monoisotopic (exact) mass is 485 g/mol. The first-order chi connectivity index (χ1) is 11.2. The molecule has 0 unspecified atom stereocenters. The van der Waals surface area contributed by atoms with Gasteiger partial charge in [-0.2, -0.15) is 73.9 Å². The molecule has 0 atom stereocenters. The summed E-state index contributed by atoms with van der Waals surface area (Å²) in [4.78, 5) is 0. The Balaban J connectivity index is 0. The summed E-state index contributed by atoms with van der Waals surface area (Å²) in [7, 11) is 1.00. The van der Waals surface area contributed by atoms with Gasteiger partial charge in [-0.05, 0) is 0 Å². The number of rotatable bonds is 0. The van der Waals surface area contributed by atoms with Gasteiger partial charge in [0.1, 0.15) is 0 Å². The SMILES string of the molecule is CO.[CH2-]c1ccccc1.[CH2-]c1ccccc1.[CH2-]c1ccccc1.[Hf]. The number of benzene rings is 3. The Labute approximate surface area is 166 Å². The summed E-state index contributed by atoms with van der Waals surface area (Å²) < 4.78 is 0. The van der Waals surface area contributed by atoms with Gasteiger partial charge in [-0.3, -0.25) is 0 Å². The van der Waals surface area contributed by atoms with Gasteiger partial charge in [0, 0.05) is 33.0 Å². The molecular formula is C22H25HfO-3. The summed E-state index contributed by atoms with van der Waals surface area (Å²) in [6.07, 6.45) is 0. The van der Waals surface area contributed by atoms with Crippen LogP contribution in [0.4, 0.5) is 0 Å². The normalized spacial score (nSPS) is 7.75. The third kappa shape index (κ3) is 15.0. The molecular weight excluding hydrogens is 459 g/mol. The second-order valence-corrected chi connectivity index (χ2v) is 4.46. The Morgan fingerprint density at radius 2 is 0.625 bits per heavy atom. The first-order valence-corrected chi connectivity index (χ1v) is 7.24. The molecule has 1 nitrogen and oxygen atoms in total. The molecule has 126 valence electrons. The van der Waals surface area contributed by atoms with Gasteiger partial charge in [0.05, 0.1) is 0 Å². The standard InChI is InChI=1S/3C7H7.CH4O.Hf/c3*1-7-5-3-2-4-6-7;1-2;/h3*2-6H,1H2;2H,1H3;/q3*-1;;. The van der Waals surface area contributed by atoms with Crippen LogP contribution in [0.25, 0.3) is 0 Å². The van der Waals surface area contributed by atoms with Crippen LogP contribution in [-0.2, 0) is 25.8 Å². The van der Waals surface area contributed by atoms with Crippen molar-refractivity contribution in [3.8, 4) is 0 Å². The van der Waals surface area contributed by atoms with Crippen molar-refractivity contribution in [2.75, 3.05) is 7.11 Å². The van der Waals surface area contributed by atoms with E-state index in [2.05, 4.69) is 20.8 Å². The Morgan fingerprint density at radius 1 is 0.458 bits per heavy atom. The van der Waals surface area contributed by atoms with Crippen LogP contribution < -0.4 is 0 Å². The van der Waals surface area contributed by atoms with Crippen molar-refractivity contribution in [2.45, 2.75) is 0 Å². The summed E-state index contributed by atoms with van der Waals surface area (Å²) in [5.74, 6) is 0. The number of aliphatic hydroxyl groups excluding tert-OH is 1. The van der Waals surface area contributed by atoms with E-state index in [0.717, 1.165) is 23.8 Å². The van der Waals surface area contributed by atoms with Crippen LogP contribution in [0, 0.1) is 20.8 Å². The van der Waals surface area contributed by atoms with Crippen LogP contribution in [-0.4, -0.2) is 12.2 Å². The van der Waals surface area contributed by atoms with Crippen molar-refractivity contribution in [2.24, 2.45) is 0 Å². The van der Waals surface area contributed by atoms with Crippen molar-refractivity contribution >= 4 is 0 Å². The molecule has 0 saturated heterocycles. The second-order valence-electron chi connectivity index (χ2n) is 4.46. The number of aliphatic hydroxyl groups is 1. The fraction of sp³-hybridized carbons (Fsp3) is 0.0455. The molecule has 1 N–H and O–H groups in total. The van der Waals surface area contributed by atoms with Crippen molar-refractivity contribution < 1.29 is 30.9 Å². The topological polar surface area (TPSA) is 20.2 Å². The van der Waals surface area contributed by atoms with E-state index in [0.29, 0.717) is 0 Å². The van der Waals surface area contributed by atoms with E-state index in [4.69, 9.17) is 5.11 Å². The number of hydrogen-bond donors (Lipinski definition) is 1. The molecule has 0 spiro atoms. The molecule has 3 rings (SSSR count). The van der Waals surface area contributed by atoms with E-state index in [-0.39, 0.29) is 25.8 Å². The molecule has 0 saturated carbocycles. The molecule has 0 fully saturated rings. The van der Waals surface area contributed by atoms with Crippen molar-refractivity contribution in [3.05, 3.63) is 128 Å². The maximum absolute atomic E-state index is 7.00. The number of hydrogen-bond acceptors (Lipinski definition) is 1. The van der Waals surface area contributed by atoms with Gasteiger partial charge in [-0.15, -0.1) is 36.4 Å². The van der Waals surface area contributed by atoms with Gasteiger partial charge >= 0.3 is 0 Å². The van der Waals surface area contributed by atoms with Gasteiger partial charge in [-0.1, -0.05) is 18.2 Å². The third-order valence-corrected chi connectivity index (χ3v) is 2.53. The van der Waals surface area contributed by atoms with Gasteiger partial charge in [0.25, 0.3) is 0 Å². The van der Waals surface area contributed by atoms with E-state index in [1.54, 1.807) is 0 Å². The molecule has 0 aliphatic heterocycles. The molecule has 0 amide bonds. The minimum atomic E-state index is 0. The van der Waals surface area contributed by atoms with Crippen LogP contribution in [0.1, 0.15) is 16.7 Å². The van der Waals surface area contributed by atoms with Crippen molar-refractivity contribution in [3.63, 3.8) is 0 Å². The Kier molecular flexibility index (Phi) is 17.7. The summed E-state index contributed by atoms with van der Waals surface area (Å²) in [6.45, 7) is 11.2. The van der Waals surface area contributed by atoms with Crippen molar-refractivity contribution in [1.29, 1.82) is 0 Å². The minimum Gasteiger partial charge on any atom is -0.400 e. The maximum atomic E-state index is 7.00. The largest absolute Gasteiger partial charge is 0.400 e. The zero-order valence-corrected chi connectivity index (χ0v) is 17.8. The molecule has 0 aliphatic rings. The maximum Gasteiger partial charge on any atom is 0.0319 e. The summed E-state index contributed by atoms with van der Waals surface area (Å²) in [5, 5.41) is 7.00. The van der Waals surface area contributed by atoms with E-state index >= 15 is 0 Å². The first-order valence-electron chi connectivity index (χ1n) is 7.24. The Morgan fingerprint density at radius 3 is 0.708 bits per heavy atom. The summed E-state index contributed by atoms with van der Waals surface area (Å²) >= 11 is 0. The van der Waals surface area contributed by atoms with Crippen LogP contribution in [0.2, 0.25) is 0 Å². The average Bonchev–Trinajstić information content (AvgIpc) is 2.60. The quantitative estimate of drug-likeness (QED) is 0.344. The first kappa shape index (κ1) is 24.4. The molecule has 0 heterocycles. The predicted octanol–water partition coefficient (Wildman–Crippen LogP) is 5.21. The molecule has 2 heteroatoms. The Bertz CT molecular complexity index is 491. The summed E-state index contributed by atoms with van der Waals surface area (Å²) in [5.41, 5.74) is 3.22. The third-order valence-electron chi connectivity index (χ3n) is 2.53. The smallest absolute Gasteiger partial charge is 0.0319 e. The van der Waals surface area contributed by atoms with Crippen LogP contribution in [0.3, 0.4) is 0 Å². The molecule has 0 aliphatic carbocycles. The van der Waals surface area contributed by atoms with Crippen LogP contribution in [0.5, 0.6) is 0 Å². The molecule has 0 radical (unpaired) electrons. The summed E-state index contributed by atoms with van der Waals surface area (Å²) in [6, 6.07) is 29.6. The molecule has 0 bridgehead atoms. The average molecular weight is 484 g/mol. The zero-order valence-electron chi connectivity index (χ0n) is 14.2. The Hall–Kier alpha value is -1.90. The van der Waals surface area contributed by atoms with E-state index < -0.39 is 0 Å². The van der Waals surface area contributed by atoms with Gasteiger partial charge in [-0.25, -0.2) is 0 Å². The fourth-order valence-corrected chi connectivity index (χ4v) is 1.43. The zero-order chi connectivity index (χ0) is 17.3.